The lowest BCUT2D eigenvalue weighted by molar-refractivity contribution is -0.137. The number of halogens is 3. The first-order valence-electron chi connectivity index (χ1n) is 10.9. The van der Waals surface area contributed by atoms with Gasteiger partial charge in [-0.2, -0.15) is 13.2 Å². The van der Waals surface area contributed by atoms with Gasteiger partial charge in [0.05, 0.1) is 6.33 Å². The van der Waals surface area contributed by atoms with Crippen molar-refractivity contribution < 1.29 is 18.0 Å². The molecule has 9 nitrogen and oxygen atoms in total. The molecule has 1 saturated heterocycles. The summed E-state index contributed by atoms with van der Waals surface area (Å²) in [5, 5.41) is -0.526. The molecule has 0 aliphatic carbocycles. The molecular weight excluding hydrogens is 481 g/mol. The normalized spacial score (nSPS) is 16.8. The maximum atomic E-state index is 13.5. The predicted octanol–water partition coefficient (Wildman–Crippen LogP) is 3.41. The molecule has 1 amide bonds. The summed E-state index contributed by atoms with van der Waals surface area (Å²) in [6, 6.07) is 3.38. The van der Waals surface area contributed by atoms with Crippen LogP contribution < -0.4 is 4.90 Å². The van der Waals surface area contributed by atoms with Crippen molar-refractivity contribution in [1.29, 1.82) is 0 Å². The van der Waals surface area contributed by atoms with Gasteiger partial charge in [-0.25, -0.2) is 24.9 Å². The minimum absolute atomic E-state index is 0.0859. The van der Waals surface area contributed by atoms with Crippen LogP contribution in [0.1, 0.15) is 17.8 Å². The van der Waals surface area contributed by atoms with Crippen LogP contribution in [0.15, 0.2) is 37.1 Å². The van der Waals surface area contributed by atoms with E-state index < -0.39 is 11.2 Å². The van der Waals surface area contributed by atoms with Crippen molar-refractivity contribution >= 4 is 33.4 Å². The molecule has 0 aromatic carbocycles. The van der Waals surface area contributed by atoms with Gasteiger partial charge in [0.25, 0.3) is 0 Å². The lowest BCUT2D eigenvalue weighted by atomic mass is 10.1. The Balaban J connectivity index is 1.36. The molecule has 4 aromatic heterocycles. The number of anilines is 1. The zero-order valence-electron chi connectivity index (χ0n) is 18.9. The van der Waals surface area contributed by atoms with Crippen molar-refractivity contribution in [3.8, 4) is 11.3 Å². The molecule has 1 fully saturated rings. The standard InChI is InChI=1S/C22H21F3N8OS/c1-13-10-31(6-7-33(13)17(34)11-32-12-29-16-4-3-5-26-19(16)32)20-18(15-8-27-14(2)28-9-15)30-21(35-20)22(23,24)25/h3-5,8-9,12-13H,6-7,10-11H2,1-2H3/t13-/m1/s1. The second-order valence-electron chi connectivity index (χ2n) is 8.29. The molecule has 0 spiro atoms. The van der Waals surface area contributed by atoms with E-state index in [2.05, 4.69) is 24.9 Å². The summed E-state index contributed by atoms with van der Waals surface area (Å²) in [4.78, 5) is 37.3. The molecule has 0 unspecified atom stereocenters. The molecule has 1 aliphatic heterocycles. The summed E-state index contributed by atoms with van der Waals surface area (Å²) < 4.78 is 42.2. The first-order chi connectivity index (χ1) is 16.7. The molecule has 182 valence electrons. The van der Waals surface area contributed by atoms with Crippen molar-refractivity contribution in [1.82, 2.24) is 34.4 Å². The Morgan fingerprint density at radius 2 is 1.94 bits per heavy atom. The SMILES string of the molecule is Cc1ncc(-c2nc(C(F)(F)F)sc2N2CCN(C(=O)Cn3cnc4cccnc43)[C@H](C)C2)cn1. The fourth-order valence-electron chi connectivity index (χ4n) is 4.11. The summed E-state index contributed by atoms with van der Waals surface area (Å²) in [5.41, 5.74) is 1.95. The molecule has 35 heavy (non-hydrogen) atoms. The molecule has 0 saturated carbocycles. The number of amides is 1. The maximum Gasteiger partial charge on any atom is 0.443 e. The van der Waals surface area contributed by atoms with Gasteiger partial charge in [-0.05, 0) is 26.0 Å². The smallest absolute Gasteiger partial charge is 0.358 e. The first kappa shape index (κ1) is 23.1. The van der Waals surface area contributed by atoms with Crippen LogP contribution in [-0.2, 0) is 17.5 Å². The lowest BCUT2D eigenvalue weighted by Crippen LogP contribution is -2.54. The number of piperazine rings is 1. The number of nitrogens with zero attached hydrogens (tertiary/aromatic N) is 8. The molecule has 1 aliphatic rings. The molecule has 13 heteroatoms. The Morgan fingerprint density at radius 1 is 1.17 bits per heavy atom. The Bertz CT molecular complexity index is 1370. The van der Waals surface area contributed by atoms with Crippen LogP contribution in [0.3, 0.4) is 0 Å². The van der Waals surface area contributed by atoms with Crippen LogP contribution in [0.2, 0.25) is 0 Å². The number of thiazole rings is 1. The summed E-state index contributed by atoms with van der Waals surface area (Å²) in [6.07, 6.45) is 1.63. The zero-order valence-corrected chi connectivity index (χ0v) is 19.7. The second-order valence-corrected chi connectivity index (χ2v) is 9.27. The third kappa shape index (κ3) is 4.55. The maximum absolute atomic E-state index is 13.5. The number of imidazole rings is 1. The Kier molecular flexibility index (Phi) is 5.87. The van der Waals surface area contributed by atoms with Gasteiger partial charge in [0.2, 0.25) is 10.9 Å². The van der Waals surface area contributed by atoms with Crippen molar-refractivity contribution in [3.05, 3.63) is 47.9 Å². The number of hydrogen-bond acceptors (Lipinski definition) is 8. The van der Waals surface area contributed by atoms with Crippen LogP contribution in [0.25, 0.3) is 22.4 Å². The van der Waals surface area contributed by atoms with E-state index in [1.807, 2.05) is 17.9 Å². The van der Waals surface area contributed by atoms with E-state index in [-0.39, 0.29) is 24.2 Å². The number of alkyl halides is 3. The Labute approximate surface area is 202 Å². The number of aromatic nitrogens is 6. The minimum atomic E-state index is -4.56. The topological polar surface area (TPSA) is 92.9 Å². The highest BCUT2D eigenvalue weighted by molar-refractivity contribution is 7.16. The van der Waals surface area contributed by atoms with Crippen LogP contribution in [0.5, 0.6) is 0 Å². The predicted molar refractivity (Wildman–Crippen MR) is 124 cm³/mol. The van der Waals surface area contributed by atoms with Gasteiger partial charge < -0.3 is 14.4 Å². The fourth-order valence-corrected chi connectivity index (χ4v) is 5.10. The van der Waals surface area contributed by atoms with Gasteiger partial charge >= 0.3 is 6.18 Å². The Hall–Kier alpha value is -3.61. The van der Waals surface area contributed by atoms with Gasteiger partial charge in [-0.3, -0.25) is 4.79 Å². The first-order valence-corrected chi connectivity index (χ1v) is 11.7. The molecule has 4 aromatic rings. The fraction of sp³-hybridized carbons (Fsp3) is 0.364. The number of aryl methyl sites for hydroxylation is 1. The molecule has 0 radical (unpaired) electrons. The Morgan fingerprint density at radius 3 is 2.66 bits per heavy atom. The van der Waals surface area contributed by atoms with E-state index in [0.29, 0.717) is 58.5 Å². The number of carbonyl (C=O) groups excluding carboxylic acids is 1. The third-order valence-electron chi connectivity index (χ3n) is 5.82. The monoisotopic (exact) mass is 502 g/mol. The average molecular weight is 503 g/mol. The summed E-state index contributed by atoms with van der Waals surface area (Å²) in [7, 11) is 0. The largest absolute Gasteiger partial charge is 0.443 e. The highest BCUT2D eigenvalue weighted by atomic mass is 32.1. The van der Waals surface area contributed by atoms with Crippen molar-refractivity contribution in [3.63, 3.8) is 0 Å². The van der Waals surface area contributed by atoms with Crippen molar-refractivity contribution in [2.24, 2.45) is 0 Å². The van der Waals surface area contributed by atoms with E-state index >= 15 is 0 Å². The molecule has 5 rings (SSSR count). The lowest BCUT2D eigenvalue weighted by Gasteiger charge is -2.40. The molecule has 5 heterocycles. The quantitative estimate of drug-likeness (QED) is 0.422. The van der Waals surface area contributed by atoms with Gasteiger partial charge in [0, 0.05) is 49.8 Å². The summed E-state index contributed by atoms with van der Waals surface area (Å²) >= 11 is 0.599. The van der Waals surface area contributed by atoms with E-state index in [1.54, 1.807) is 35.0 Å². The van der Waals surface area contributed by atoms with Gasteiger partial charge in [0.1, 0.15) is 28.6 Å². The van der Waals surface area contributed by atoms with Crippen LogP contribution in [0, 0.1) is 6.92 Å². The summed E-state index contributed by atoms with van der Waals surface area (Å²) in [6.45, 7) is 4.78. The minimum Gasteiger partial charge on any atom is -0.358 e. The van der Waals surface area contributed by atoms with Gasteiger partial charge in [0.15, 0.2) is 5.65 Å². The van der Waals surface area contributed by atoms with Gasteiger partial charge in [-0.1, -0.05) is 11.3 Å². The second kappa shape index (κ2) is 8.87. The van der Waals surface area contributed by atoms with Crippen LogP contribution in [0.4, 0.5) is 18.2 Å². The number of rotatable bonds is 4. The van der Waals surface area contributed by atoms with E-state index in [0.717, 1.165) is 0 Å². The van der Waals surface area contributed by atoms with E-state index in [1.165, 1.54) is 12.4 Å². The number of fused-ring (bicyclic) bond motifs is 1. The van der Waals surface area contributed by atoms with E-state index in [4.69, 9.17) is 0 Å². The number of carbonyl (C=O) groups is 1. The van der Waals surface area contributed by atoms with Crippen molar-refractivity contribution in [2.45, 2.75) is 32.6 Å². The van der Waals surface area contributed by atoms with Crippen LogP contribution >= 0.6 is 11.3 Å². The van der Waals surface area contributed by atoms with Crippen molar-refractivity contribution in [2.75, 3.05) is 24.5 Å². The third-order valence-corrected chi connectivity index (χ3v) is 6.98. The highest BCUT2D eigenvalue weighted by Gasteiger charge is 2.38. The number of pyridine rings is 1. The van der Waals surface area contributed by atoms with E-state index in [9.17, 15) is 18.0 Å². The molecule has 1 atom stereocenters. The average Bonchev–Trinajstić information content (AvgIpc) is 3.45. The zero-order chi connectivity index (χ0) is 24.7. The molecule has 0 bridgehead atoms. The molecular formula is C22H21F3N8OS. The number of hydrogen-bond donors (Lipinski definition) is 0. The molecule has 0 N–H and O–H groups in total. The van der Waals surface area contributed by atoms with Gasteiger partial charge in [-0.15, -0.1) is 0 Å². The van der Waals surface area contributed by atoms with Crippen LogP contribution in [-0.4, -0.2) is 66.0 Å². The summed E-state index contributed by atoms with van der Waals surface area (Å²) in [5.74, 6) is 0.415. The highest BCUT2D eigenvalue weighted by Crippen LogP contribution is 2.42.